The molecule has 0 unspecified atom stereocenters. The molecule has 3 aromatic carbocycles. The lowest BCUT2D eigenvalue weighted by Gasteiger charge is -2.10. The average Bonchev–Trinajstić information content (AvgIpc) is 2.74. The first-order chi connectivity index (χ1) is 14.4. The van der Waals surface area contributed by atoms with Crippen molar-refractivity contribution in [3.05, 3.63) is 93.0 Å². The summed E-state index contributed by atoms with van der Waals surface area (Å²) in [6, 6.07) is 18.9. The standard InChI is InChI=1S/C22H20ClN3O4/c1-15-5-6-18(12-21(15)23)25-22(27)14-30-20-4-2-3-16(11-20)13-24-17-7-9-19(10-8-17)26(28)29/h2-12,24H,13-14H2,1H3,(H,25,27). The van der Waals surface area contributed by atoms with E-state index in [4.69, 9.17) is 16.3 Å². The number of rotatable bonds is 8. The Labute approximate surface area is 178 Å². The molecule has 0 aliphatic rings. The molecule has 0 aliphatic heterocycles. The summed E-state index contributed by atoms with van der Waals surface area (Å²) < 4.78 is 5.58. The molecule has 7 nitrogen and oxygen atoms in total. The van der Waals surface area contributed by atoms with Crippen molar-refractivity contribution in [2.24, 2.45) is 0 Å². The van der Waals surface area contributed by atoms with E-state index in [0.717, 1.165) is 16.8 Å². The van der Waals surface area contributed by atoms with Gasteiger partial charge in [0.25, 0.3) is 11.6 Å². The summed E-state index contributed by atoms with van der Waals surface area (Å²) in [5.74, 6) is 0.277. The molecule has 0 aromatic heterocycles. The van der Waals surface area contributed by atoms with E-state index < -0.39 is 4.92 Å². The van der Waals surface area contributed by atoms with Crippen LogP contribution in [0.15, 0.2) is 66.7 Å². The Kier molecular flexibility index (Phi) is 6.87. The number of aryl methyl sites for hydroxylation is 1. The van der Waals surface area contributed by atoms with Gasteiger partial charge in [-0.05, 0) is 54.4 Å². The zero-order valence-corrected chi connectivity index (χ0v) is 17.0. The molecule has 154 valence electrons. The number of nitro benzene ring substituents is 1. The second-order valence-corrected chi connectivity index (χ2v) is 7.01. The van der Waals surface area contributed by atoms with Crippen LogP contribution in [0.1, 0.15) is 11.1 Å². The van der Waals surface area contributed by atoms with Crippen molar-refractivity contribution in [2.45, 2.75) is 13.5 Å². The van der Waals surface area contributed by atoms with E-state index in [1.807, 2.05) is 31.2 Å². The molecule has 0 spiro atoms. The Hall–Kier alpha value is -3.58. The summed E-state index contributed by atoms with van der Waals surface area (Å²) in [4.78, 5) is 22.4. The lowest BCUT2D eigenvalue weighted by Crippen LogP contribution is -2.20. The monoisotopic (exact) mass is 425 g/mol. The molecule has 0 atom stereocenters. The van der Waals surface area contributed by atoms with Crippen LogP contribution in [-0.2, 0) is 11.3 Å². The number of amides is 1. The van der Waals surface area contributed by atoms with Gasteiger partial charge in [0.05, 0.1) is 4.92 Å². The Bertz CT molecular complexity index is 1050. The topological polar surface area (TPSA) is 93.5 Å². The van der Waals surface area contributed by atoms with Gasteiger partial charge in [-0.3, -0.25) is 14.9 Å². The SMILES string of the molecule is Cc1ccc(NC(=O)COc2cccc(CNc3ccc([N+](=O)[O-])cc3)c2)cc1Cl. The maximum atomic E-state index is 12.1. The van der Waals surface area contributed by atoms with Crippen LogP contribution < -0.4 is 15.4 Å². The maximum absolute atomic E-state index is 12.1. The van der Waals surface area contributed by atoms with Gasteiger partial charge in [0.15, 0.2) is 6.61 Å². The van der Waals surface area contributed by atoms with Gasteiger partial charge in [0.1, 0.15) is 5.75 Å². The summed E-state index contributed by atoms with van der Waals surface area (Å²) in [5, 5.41) is 17.2. The highest BCUT2D eigenvalue weighted by Gasteiger charge is 2.07. The number of nitrogens with zero attached hydrogens (tertiary/aromatic N) is 1. The number of anilines is 2. The Morgan fingerprint density at radius 2 is 1.80 bits per heavy atom. The second-order valence-electron chi connectivity index (χ2n) is 6.61. The summed E-state index contributed by atoms with van der Waals surface area (Å²) >= 11 is 6.06. The summed E-state index contributed by atoms with van der Waals surface area (Å²) in [5.41, 5.74) is 3.30. The zero-order chi connectivity index (χ0) is 21.5. The van der Waals surface area contributed by atoms with Crippen LogP contribution in [0, 0.1) is 17.0 Å². The van der Waals surface area contributed by atoms with E-state index in [1.165, 1.54) is 12.1 Å². The van der Waals surface area contributed by atoms with Gasteiger partial charge in [-0.1, -0.05) is 29.8 Å². The van der Waals surface area contributed by atoms with Crippen LogP contribution in [0.2, 0.25) is 5.02 Å². The number of carbonyl (C=O) groups is 1. The van der Waals surface area contributed by atoms with Gasteiger partial charge < -0.3 is 15.4 Å². The number of halogens is 1. The largest absolute Gasteiger partial charge is 0.484 e. The van der Waals surface area contributed by atoms with Crippen molar-refractivity contribution in [3.63, 3.8) is 0 Å². The average molecular weight is 426 g/mol. The van der Waals surface area contributed by atoms with E-state index in [9.17, 15) is 14.9 Å². The molecule has 0 fully saturated rings. The number of nitro groups is 1. The van der Waals surface area contributed by atoms with Gasteiger partial charge in [-0.2, -0.15) is 0 Å². The second kappa shape index (κ2) is 9.76. The Morgan fingerprint density at radius 3 is 2.50 bits per heavy atom. The minimum atomic E-state index is -0.436. The third-order valence-corrected chi connectivity index (χ3v) is 4.71. The third-order valence-electron chi connectivity index (χ3n) is 4.30. The molecule has 0 saturated heterocycles. The number of benzene rings is 3. The Balaban J connectivity index is 1.51. The van der Waals surface area contributed by atoms with Crippen molar-refractivity contribution in [1.82, 2.24) is 0 Å². The molecule has 0 radical (unpaired) electrons. The maximum Gasteiger partial charge on any atom is 0.269 e. The molecule has 2 N–H and O–H groups in total. The highest BCUT2D eigenvalue weighted by Crippen LogP contribution is 2.20. The summed E-state index contributed by atoms with van der Waals surface area (Å²) in [6.45, 7) is 2.26. The first-order valence-electron chi connectivity index (χ1n) is 9.17. The van der Waals surface area contributed by atoms with Crippen LogP contribution in [0.3, 0.4) is 0 Å². The molecule has 0 saturated carbocycles. The highest BCUT2D eigenvalue weighted by atomic mass is 35.5. The minimum absolute atomic E-state index is 0.0436. The molecule has 3 aromatic rings. The van der Waals surface area contributed by atoms with E-state index >= 15 is 0 Å². The number of ether oxygens (including phenoxy) is 1. The van der Waals surface area contributed by atoms with Crippen molar-refractivity contribution in [3.8, 4) is 5.75 Å². The van der Waals surface area contributed by atoms with Crippen LogP contribution in [0.4, 0.5) is 17.1 Å². The fourth-order valence-corrected chi connectivity index (χ4v) is 2.85. The predicted molar refractivity (Wildman–Crippen MR) is 117 cm³/mol. The molecule has 30 heavy (non-hydrogen) atoms. The number of nitrogens with one attached hydrogen (secondary N) is 2. The summed E-state index contributed by atoms with van der Waals surface area (Å²) in [7, 11) is 0. The highest BCUT2D eigenvalue weighted by molar-refractivity contribution is 6.31. The van der Waals surface area contributed by atoms with Crippen LogP contribution in [-0.4, -0.2) is 17.4 Å². The van der Waals surface area contributed by atoms with Gasteiger partial charge in [-0.25, -0.2) is 0 Å². The normalized spacial score (nSPS) is 10.3. The molecular weight excluding hydrogens is 406 g/mol. The summed E-state index contributed by atoms with van der Waals surface area (Å²) in [6.07, 6.45) is 0. The molecule has 0 aliphatic carbocycles. The van der Waals surface area contributed by atoms with Crippen molar-refractivity contribution >= 4 is 34.6 Å². The van der Waals surface area contributed by atoms with Gasteiger partial charge in [0, 0.05) is 35.1 Å². The van der Waals surface area contributed by atoms with Crippen molar-refractivity contribution in [1.29, 1.82) is 0 Å². The van der Waals surface area contributed by atoms with E-state index in [0.29, 0.717) is 23.0 Å². The number of carbonyl (C=O) groups excluding carboxylic acids is 1. The van der Waals surface area contributed by atoms with Gasteiger partial charge in [0.2, 0.25) is 0 Å². The van der Waals surface area contributed by atoms with Crippen molar-refractivity contribution in [2.75, 3.05) is 17.2 Å². The quantitative estimate of drug-likeness (QED) is 0.383. The predicted octanol–water partition coefficient (Wildman–Crippen LogP) is 5.19. The molecule has 1 amide bonds. The molecule has 8 heteroatoms. The van der Waals surface area contributed by atoms with Gasteiger partial charge >= 0.3 is 0 Å². The van der Waals surface area contributed by atoms with Crippen LogP contribution in [0.25, 0.3) is 0 Å². The molecular formula is C22H20ClN3O4. The number of hydrogen-bond donors (Lipinski definition) is 2. The molecule has 0 bridgehead atoms. The van der Waals surface area contributed by atoms with Crippen LogP contribution in [0.5, 0.6) is 5.75 Å². The number of hydrogen-bond acceptors (Lipinski definition) is 5. The smallest absolute Gasteiger partial charge is 0.269 e. The van der Waals surface area contributed by atoms with E-state index in [-0.39, 0.29) is 18.2 Å². The fourth-order valence-electron chi connectivity index (χ4n) is 2.67. The Morgan fingerprint density at radius 1 is 1.07 bits per heavy atom. The van der Waals surface area contributed by atoms with Crippen LogP contribution >= 0.6 is 11.6 Å². The molecule has 0 heterocycles. The fraction of sp³-hybridized carbons (Fsp3) is 0.136. The molecule has 3 rings (SSSR count). The minimum Gasteiger partial charge on any atom is -0.484 e. The lowest BCUT2D eigenvalue weighted by atomic mass is 10.2. The van der Waals surface area contributed by atoms with E-state index in [1.54, 1.807) is 30.3 Å². The van der Waals surface area contributed by atoms with Crippen molar-refractivity contribution < 1.29 is 14.5 Å². The third kappa shape index (κ3) is 5.96. The van der Waals surface area contributed by atoms with E-state index in [2.05, 4.69) is 10.6 Å². The van der Waals surface area contributed by atoms with Gasteiger partial charge in [-0.15, -0.1) is 0 Å². The number of non-ortho nitro benzene ring substituents is 1. The zero-order valence-electron chi connectivity index (χ0n) is 16.2. The lowest BCUT2D eigenvalue weighted by molar-refractivity contribution is -0.384. The first-order valence-corrected chi connectivity index (χ1v) is 9.54. The first kappa shape index (κ1) is 21.1.